The Morgan fingerprint density at radius 3 is 2.62 bits per heavy atom. The van der Waals surface area contributed by atoms with E-state index in [0.29, 0.717) is 6.54 Å². The SMILES string of the molecule is CN1C(=O)CN(S(C)(=O)=O)CC1(C)C(=O)NCC(=O)NCc1cccs1. The zero-order valence-electron chi connectivity index (χ0n) is 14.8. The van der Waals surface area contributed by atoms with E-state index in [1.54, 1.807) is 0 Å². The van der Waals surface area contributed by atoms with E-state index in [-0.39, 0.29) is 25.5 Å². The van der Waals surface area contributed by atoms with E-state index in [2.05, 4.69) is 10.6 Å². The minimum Gasteiger partial charge on any atom is -0.350 e. The Bertz CT molecular complexity index is 793. The quantitative estimate of drug-likeness (QED) is 0.631. The highest BCUT2D eigenvalue weighted by Gasteiger charge is 2.47. The van der Waals surface area contributed by atoms with Gasteiger partial charge in [-0.05, 0) is 18.4 Å². The number of rotatable bonds is 6. The molecule has 1 atom stereocenters. The summed E-state index contributed by atoms with van der Waals surface area (Å²) in [6.07, 6.45) is 0.988. The standard InChI is InChI=1S/C15H22N4O5S2/c1-15(10-19(26(3,23)24)9-13(21)18(15)2)14(22)17-8-12(20)16-7-11-5-4-6-25-11/h4-6H,7-10H2,1-3H3,(H,16,20)(H,17,22). The number of sulfonamides is 1. The third kappa shape index (κ3) is 4.59. The molecule has 2 heterocycles. The van der Waals surface area contributed by atoms with E-state index in [0.717, 1.165) is 15.4 Å². The summed E-state index contributed by atoms with van der Waals surface area (Å²) in [7, 11) is -2.18. The van der Waals surface area contributed by atoms with Crippen LogP contribution in [0.5, 0.6) is 0 Å². The molecular formula is C15H22N4O5S2. The molecule has 11 heteroatoms. The predicted octanol–water partition coefficient (Wildman–Crippen LogP) is -1.03. The molecule has 1 aliphatic rings. The summed E-state index contributed by atoms with van der Waals surface area (Å²) in [4.78, 5) is 38.8. The maximum Gasteiger partial charge on any atom is 0.247 e. The lowest BCUT2D eigenvalue weighted by Crippen LogP contribution is -2.68. The van der Waals surface area contributed by atoms with Gasteiger partial charge in [0.25, 0.3) is 0 Å². The van der Waals surface area contributed by atoms with E-state index < -0.39 is 27.4 Å². The summed E-state index contributed by atoms with van der Waals surface area (Å²) in [5.74, 6) is -1.45. The molecule has 26 heavy (non-hydrogen) atoms. The molecule has 0 aliphatic carbocycles. The second-order valence-electron chi connectivity index (χ2n) is 6.30. The molecule has 1 aliphatic heterocycles. The van der Waals surface area contributed by atoms with E-state index in [4.69, 9.17) is 0 Å². The molecule has 0 bridgehead atoms. The second kappa shape index (κ2) is 7.72. The number of hydrogen-bond donors (Lipinski definition) is 2. The number of thiophene rings is 1. The smallest absolute Gasteiger partial charge is 0.247 e. The molecule has 0 aromatic carbocycles. The molecule has 1 aromatic rings. The number of amides is 3. The van der Waals surface area contributed by atoms with Gasteiger partial charge in [-0.15, -0.1) is 11.3 Å². The van der Waals surface area contributed by atoms with E-state index in [1.807, 2.05) is 17.5 Å². The van der Waals surface area contributed by atoms with Crippen LogP contribution < -0.4 is 10.6 Å². The number of hydrogen-bond acceptors (Lipinski definition) is 6. The van der Waals surface area contributed by atoms with Gasteiger partial charge < -0.3 is 15.5 Å². The highest BCUT2D eigenvalue weighted by molar-refractivity contribution is 7.88. The van der Waals surface area contributed by atoms with Crippen LogP contribution in [-0.2, 0) is 31.0 Å². The number of nitrogens with one attached hydrogen (secondary N) is 2. The first-order valence-electron chi connectivity index (χ1n) is 7.83. The fraction of sp³-hybridized carbons (Fsp3) is 0.533. The van der Waals surface area contributed by atoms with Gasteiger partial charge in [0.1, 0.15) is 5.54 Å². The van der Waals surface area contributed by atoms with Crippen LogP contribution in [0.4, 0.5) is 0 Å². The van der Waals surface area contributed by atoms with Crippen molar-refractivity contribution >= 4 is 39.1 Å². The van der Waals surface area contributed by atoms with Gasteiger partial charge in [-0.2, -0.15) is 4.31 Å². The topological polar surface area (TPSA) is 116 Å². The van der Waals surface area contributed by atoms with Gasteiger partial charge in [0, 0.05) is 18.5 Å². The predicted molar refractivity (Wildman–Crippen MR) is 96.8 cm³/mol. The monoisotopic (exact) mass is 402 g/mol. The molecule has 1 aromatic heterocycles. The van der Waals surface area contributed by atoms with Gasteiger partial charge in [-0.3, -0.25) is 14.4 Å². The first-order valence-corrected chi connectivity index (χ1v) is 10.6. The van der Waals surface area contributed by atoms with Gasteiger partial charge in [-0.25, -0.2) is 8.42 Å². The largest absolute Gasteiger partial charge is 0.350 e. The summed E-state index contributed by atoms with van der Waals surface area (Å²) >= 11 is 1.51. The Labute approximate surface area is 156 Å². The number of nitrogens with zero attached hydrogens (tertiary/aromatic N) is 2. The summed E-state index contributed by atoms with van der Waals surface area (Å²) in [5.41, 5.74) is -1.40. The van der Waals surface area contributed by atoms with Crippen molar-refractivity contribution in [2.45, 2.75) is 19.0 Å². The van der Waals surface area contributed by atoms with Crippen LogP contribution in [0.15, 0.2) is 17.5 Å². The molecule has 3 amide bonds. The Morgan fingerprint density at radius 1 is 1.35 bits per heavy atom. The molecule has 0 saturated carbocycles. The van der Waals surface area contributed by atoms with Crippen molar-refractivity contribution in [2.24, 2.45) is 0 Å². The lowest BCUT2D eigenvalue weighted by Gasteiger charge is -2.44. The van der Waals surface area contributed by atoms with Gasteiger partial charge in [0.15, 0.2) is 0 Å². The molecule has 0 radical (unpaired) electrons. The van der Waals surface area contributed by atoms with E-state index >= 15 is 0 Å². The van der Waals surface area contributed by atoms with Crippen LogP contribution in [0.25, 0.3) is 0 Å². The minimum atomic E-state index is -3.62. The van der Waals surface area contributed by atoms with Crippen molar-refractivity contribution in [3.8, 4) is 0 Å². The van der Waals surface area contributed by atoms with Crippen molar-refractivity contribution in [1.29, 1.82) is 0 Å². The number of carbonyl (C=O) groups is 3. The number of carbonyl (C=O) groups excluding carboxylic acids is 3. The average molecular weight is 402 g/mol. The van der Waals surface area contributed by atoms with Crippen molar-refractivity contribution in [3.05, 3.63) is 22.4 Å². The van der Waals surface area contributed by atoms with Gasteiger partial charge in [0.2, 0.25) is 27.7 Å². The zero-order valence-corrected chi connectivity index (χ0v) is 16.4. The lowest BCUT2D eigenvalue weighted by molar-refractivity contribution is -0.150. The zero-order chi connectivity index (χ0) is 19.5. The van der Waals surface area contributed by atoms with Gasteiger partial charge >= 0.3 is 0 Å². The third-order valence-corrected chi connectivity index (χ3v) is 6.39. The van der Waals surface area contributed by atoms with Crippen molar-refractivity contribution < 1.29 is 22.8 Å². The van der Waals surface area contributed by atoms with Crippen LogP contribution in [0.1, 0.15) is 11.8 Å². The van der Waals surface area contributed by atoms with Gasteiger partial charge in [0.05, 0.1) is 25.9 Å². The Morgan fingerprint density at radius 2 is 2.04 bits per heavy atom. The first kappa shape index (κ1) is 20.3. The Kier molecular flexibility index (Phi) is 6.04. The molecule has 2 rings (SSSR count). The summed E-state index contributed by atoms with van der Waals surface area (Å²) in [6.45, 7) is 1.10. The third-order valence-electron chi connectivity index (χ3n) is 4.32. The molecule has 2 N–H and O–H groups in total. The normalized spacial score (nSPS) is 21.5. The van der Waals surface area contributed by atoms with Crippen LogP contribution in [-0.4, -0.2) is 73.8 Å². The van der Waals surface area contributed by atoms with Crippen molar-refractivity contribution in [1.82, 2.24) is 19.8 Å². The molecule has 1 fully saturated rings. The van der Waals surface area contributed by atoms with Crippen LogP contribution in [0, 0.1) is 0 Å². The molecule has 0 spiro atoms. The Hall–Kier alpha value is -1.98. The number of likely N-dealkylation sites (N-methyl/N-ethyl adjacent to an activating group) is 1. The molecule has 144 valence electrons. The fourth-order valence-corrected chi connectivity index (χ4v) is 3.98. The van der Waals surface area contributed by atoms with E-state index in [1.165, 1.54) is 30.2 Å². The average Bonchev–Trinajstić information content (AvgIpc) is 3.07. The Balaban J connectivity index is 1.97. The summed E-state index contributed by atoms with van der Waals surface area (Å²) in [5, 5.41) is 7.06. The van der Waals surface area contributed by atoms with Crippen LogP contribution in [0.2, 0.25) is 0 Å². The highest BCUT2D eigenvalue weighted by atomic mass is 32.2. The van der Waals surface area contributed by atoms with E-state index in [9.17, 15) is 22.8 Å². The highest BCUT2D eigenvalue weighted by Crippen LogP contribution is 2.22. The molecule has 1 unspecified atom stereocenters. The van der Waals surface area contributed by atoms with Crippen molar-refractivity contribution in [3.63, 3.8) is 0 Å². The second-order valence-corrected chi connectivity index (χ2v) is 9.31. The summed E-state index contributed by atoms with van der Waals surface area (Å²) in [6, 6.07) is 3.76. The fourth-order valence-electron chi connectivity index (χ4n) is 2.51. The van der Waals surface area contributed by atoms with Crippen LogP contribution >= 0.6 is 11.3 Å². The lowest BCUT2D eigenvalue weighted by atomic mass is 9.96. The first-order chi connectivity index (χ1) is 12.0. The molecule has 9 nitrogen and oxygen atoms in total. The molecular weight excluding hydrogens is 380 g/mol. The minimum absolute atomic E-state index is 0.170. The number of piperazine rings is 1. The maximum atomic E-state index is 12.6. The van der Waals surface area contributed by atoms with Crippen LogP contribution in [0.3, 0.4) is 0 Å². The maximum absolute atomic E-state index is 12.6. The van der Waals surface area contributed by atoms with Gasteiger partial charge in [-0.1, -0.05) is 6.07 Å². The summed E-state index contributed by atoms with van der Waals surface area (Å²) < 4.78 is 24.5. The van der Waals surface area contributed by atoms with Crippen molar-refractivity contribution in [2.75, 3.05) is 32.9 Å². The molecule has 1 saturated heterocycles.